The van der Waals surface area contributed by atoms with Crippen LogP contribution in [0.4, 0.5) is 4.79 Å². The highest BCUT2D eigenvalue weighted by Gasteiger charge is 2.50. The number of amides is 3. The lowest BCUT2D eigenvalue weighted by atomic mass is 9.86. The number of hydrogen-bond acceptors (Lipinski definition) is 5. The number of imide groups is 1. The van der Waals surface area contributed by atoms with Crippen molar-refractivity contribution in [1.29, 1.82) is 0 Å². The highest BCUT2D eigenvalue weighted by atomic mass is 16.5. The number of quaternary nitrogens is 1. The number of nitrogens with zero attached hydrogens (tertiary/aromatic N) is 2. The summed E-state index contributed by atoms with van der Waals surface area (Å²) in [4.78, 5) is 28.7. The average Bonchev–Trinajstić information content (AvgIpc) is 2.69. The van der Waals surface area contributed by atoms with Crippen LogP contribution in [-0.4, -0.2) is 47.1 Å². The smallest absolute Gasteiger partial charge is 0.421 e. The summed E-state index contributed by atoms with van der Waals surface area (Å²) in [6.07, 6.45) is 3.65. The van der Waals surface area contributed by atoms with Crippen LogP contribution in [0.5, 0.6) is 5.75 Å². The summed E-state index contributed by atoms with van der Waals surface area (Å²) in [5, 5.41) is 0. The summed E-state index contributed by atoms with van der Waals surface area (Å²) in [6.45, 7) is 0.301. The molecule has 0 saturated carbocycles. The summed E-state index contributed by atoms with van der Waals surface area (Å²) in [5.74, 6) is 0.178. The van der Waals surface area contributed by atoms with Crippen LogP contribution >= 0.6 is 0 Å². The Kier molecular flexibility index (Phi) is 5.29. The van der Waals surface area contributed by atoms with E-state index in [4.69, 9.17) is 16.2 Å². The molecule has 0 aliphatic carbocycles. The predicted molar refractivity (Wildman–Crippen MR) is 96.1 cm³/mol. The molecule has 3 unspecified atom stereocenters. The maximum absolute atomic E-state index is 12.5. The zero-order chi connectivity index (χ0) is 18.6. The fourth-order valence-corrected chi connectivity index (χ4v) is 3.57. The fourth-order valence-electron chi connectivity index (χ4n) is 3.57. The Morgan fingerprint density at radius 2 is 1.85 bits per heavy atom. The molecule has 0 bridgehead atoms. The number of carbonyl (C=O) groups excluding carboxylic acids is 2. The van der Waals surface area contributed by atoms with Gasteiger partial charge in [-0.15, -0.1) is 0 Å². The minimum atomic E-state index is -0.663. The van der Waals surface area contributed by atoms with Crippen LogP contribution in [0.25, 0.3) is 0 Å². The number of benzene rings is 1. The molecule has 3 amide bonds. The topological polar surface area (TPSA) is 108 Å². The maximum atomic E-state index is 12.5. The van der Waals surface area contributed by atoms with Gasteiger partial charge in [0.1, 0.15) is 24.9 Å². The van der Waals surface area contributed by atoms with E-state index in [0.29, 0.717) is 12.2 Å². The van der Waals surface area contributed by atoms with E-state index in [1.807, 2.05) is 30.3 Å². The number of nitrogens with two attached hydrogens (primary N) is 2. The highest BCUT2D eigenvalue weighted by Crippen LogP contribution is 2.34. The van der Waals surface area contributed by atoms with Crippen LogP contribution in [0.1, 0.15) is 17.9 Å². The first kappa shape index (κ1) is 18.0. The monoisotopic (exact) mass is 355 g/mol. The van der Waals surface area contributed by atoms with Crippen molar-refractivity contribution in [1.82, 2.24) is 4.98 Å². The lowest BCUT2D eigenvalue weighted by molar-refractivity contribution is -0.781. The van der Waals surface area contributed by atoms with Crippen LogP contribution in [0.3, 0.4) is 0 Å². The number of primary amides is 1. The molecular formula is C19H23N4O3+. The van der Waals surface area contributed by atoms with Gasteiger partial charge in [0.2, 0.25) is 0 Å². The molecule has 136 valence electrons. The molecule has 2 heterocycles. The summed E-state index contributed by atoms with van der Waals surface area (Å²) >= 11 is 0. The third-order valence-electron chi connectivity index (χ3n) is 4.99. The maximum Gasteiger partial charge on any atom is 0.421 e. The molecule has 1 aliphatic heterocycles. The summed E-state index contributed by atoms with van der Waals surface area (Å²) in [5.41, 5.74) is 12.2. The largest absolute Gasteiger partial charge is 0.489 e. The predicted octanol–water partition coefficient (Wildman–Crippen LogP) is 1.40. The Morgan fingerprint density at radius 1 is 1.15 bits per heavy atom. The van der Waals surface area contributed by atoms with Gasteiger partial charge in [0.15, 0.2) is 0 Å². The van der Waals surface area contributed by atoms with Gasteiger partial charge in [-0.1, -0.05) is 30.3 Å². The third kappa shape index (κ3) is 3.44. The number of aromatic nitrogens is 1. The number of likely N-dealkylation sites (tertiary alicyclic amines) is 1. The van der Waals surface area contributed by atoms with E-state index >= 15 is 0 Å². The molecule has 26 heavy (non-hydrogen) atoms. The first-order valence-electron chi connectivity index (χ1n) is 8.59. The molecule has 1 aromatic carbocycles. The minimum Gasteiger partial charge on any atom is -0.489 e. The number of ether oxygens (including phenoxy) is 1. The van der Waals surface area contributed by atoms with E-state index in [0.717, 1.165) is 5.56 Å². The van der Waals surface area contributed by atoms with E-state index in [1.54, 1.807) is 24.5 Å². The van der Waals surface area contributed by atoms with Gasteiger partial charge in [0.05, 0.1) is 12.5 Å². The Balaban J connectivity index is 1.94. The number of urea groups is 1. The third-order valence-corrected chi connectivity index (χ3v) is 4.99. The number of pyridine rings is 1. The second-order valence-electron chi connectivity index (χ2n) is 6.46. The lowest BCUT2D eigenvalue weighted by Crippen LogP contribution is -2.67. The first-order chi connectivity index (χ1) is 12.6. The van der Waals surface area contributed by atoms with Gasteiger partial charge < -0.3 is 16.2 Å². The molecule has 4 N–H and O–H groups in total. The van der Waals surface area contributed by atoms with E-state index in [-0.39, 0.29) is 37.6 Å². The van der Waals surface area contributed by atoms with Gasteiger partial charge in [-0.2, -0.15) is 4.48 Å². The van der Waals surface area contributed by atoms with Crippen LogP contribution in [0.15, 0.2) is 54.9 Å². The van der Waals surface area contributed by atoms with Crippen molar-refractivity contribution in [2.75, 3.05) is 19.6 Å². The molecule has 0 radical (unpaired) electrons. The molecule has 1 fully saturated rings. The Labute approximate surface area is 152 Å². The van der Waals surface area contributed by atoms with Crippen LogP contribution in [0, 0.1) is 0 Å². The van der Waals surface area contributed by atoms with E-state index < -0.39 is 10.5 Å². The van der Waals surface area contributed by atoms with Crippen molar-refractivity contribution in [3.63, 3.8) is 0 Å². The van der Waals surface area contributed by atoms with Crippen molar-refractivity contribution >= 4 is 11.9 Å². The van der Waals surface area contributed by atoms with Crippen molar-refractivity contribution in [2.45, 2.75) is 18.4 Å². The Morgan fingerprint density at radius 3 is 2.46 bits per heavy atom. The molecule has 2 aromatic rings. The molecule has 1 saturated heterocycles. The minimum absolute atomic E-state index is 0.166. The zero-order valence-corrected chi connectivity index (χ0v) is 14.5. The van der Waals surface area contributed by atoms with Crippen LogP contribution < -0.4 is 16.2 Å². The van der Waals surface area contributed by atoms with Gasteiger partial charge in [0.25, 0.3) is 0 Å². The lowest BCUT2D eigenvalue weighted by Gasteiger charge is -2.42. The molecule has 1 aromatic heterocycles. The fraction of sp³-hybridized carbons (Fsp3) is 0.316. The molecule has 1 aliphatic rings. The molecule has 3 rings (SSSR count). The van der Waals surface area contributed by atoms with Gasteiger partial charge >= 0.3 is 11.9 Å². The number of piperidine rings is 1. The zero-order valence-electron chi connectivity index (χ0n) is 14.5. The second kappa shape index (κ2) is 7.63. The van der Waals surface area contributed by atoms with E-state index in [2.05, 4.69) is 4.98 Å². The number of carbonyl (C=O) groups is 2. The molecule has 3 atom stereocenters. The average molecular weight is 355 g/mol. The highest BCUT2D eigenvalue weighted by molar-refractivity contribution is 5.84. The van der Waals surface area contributed by atoms with Crippen molar-refractivity contribution in [3.05, 3.63) is 60.4 Å². The number of hydrogen-bond donors (Lipinski definition) is 2. The van der Waals surface area contributed by atoms with Crippen molar-refractivity contribution in [3.8, 4) is 5.75 Å². The van der Waals surface area contributed by atoms with Gasteiger partial charge in [0, 0.05) is 18.8 Å². The first-order valence-corrected chi connectivity index (χ1v) is 8.59. The van der Waals surface area contributed by atoms with Crippen molar-refractivity contribution < 1.29 is 18.8 Å². The van der Waals surface area contributed by atoms with Crippen LogP contribution in [-0.2, 0) is 4.79 Å². The van der Waals surface area contributed by atoms with E-state index in [9.17, 15) is 9.59 Å². The van der Waals surface area contributed by atoms with Gasteiger partial charge in [-0.05, 0) is 17.7 Å². The summed E-state index contributed by atoms with van der Waals surface area (Å²) < 4.78 is 5.73. The summed E-state index contributed by atoms with van der Waals surface area (Å²) in [7, 11) is 0. The molecule has 7 nitrogen and oxygen atoms in total. The van der Waals surface area contributed by atoms with Crippen molar-refractivity contribution in [2.24, 2.45) is 11.5 Å². The Hall–Kier alpha value is -2.77. The van der Waals surface area contributed by atoms with E-state index in [1.165, 1.54) is 0 Å². The Bertz CT molecular complexity index is 769. The van der Waals surface area contributed by atoms with Gasteiger partial charge in [-0.3, -0.25) is 4.98 Å². The summed E-state index contributed by atoms with van der Waals surface area (Å²) in [6, 6.07) is 12.6. The normalized spacial score (nSPS) is 25.4. The molecular weight excluding hydrogens is 332 g/mol. The van der Waals surface area contributed by atoms with Gasteiger partial charge in [-0.25, -0.2) is 9.59 Å². The standard InChI is InChI=1S/C19H22N4O3/c20-12-18(24)23(19(21)25)11-8-17(26-15-6-9-22-10-7-15)16(13-23)14-4-2-1-3-5-14/h1-7,9-10,16-17H,8,11-13,20H2,(H-,21,25)/p+1. The molecule has 7 heteroatoms. The molecule has 0 spiro atoms. The number of rotatable bonds is 4. The SMILES string of the molecule is NCC(=O)[N+]1(C(N)=O)CCC(Oc2ccncc2)C(c2ccccc2)C1. The second-order valence-corrected chi connectivity index (χ2v) is 6.46. The quantitative estimate of drug-likeness (QED) is 0.806. The van der Waals surface area contributed by atoms with Crippen LogP contribution in [0.2, 0.25) is 0 Å².